The van der Waals surface area contributed by atoms with Gasteiger partial charge in [0.2, 0.25) is 17.8 Å². The molecule has 0 bridgehead atoms. The van der Waals surface area contributed by atoms with Gasteiger partial charge in [-0.1, -0.05) is 43.2 Å². The lowest BCUT2D eigenvalue weighted by molar-refractivity contribution is -0.127. The molecule has 0 spiro atoms. The molecule has 10 nitrogen and oxygen atoms in total. The number of carbonyl (C=O) groups excluding carboxylic acids is 2. The Labute approximate surface area is 218 Å². The molecule has 3 fully saturated rings. The maximum absolute atomic E-state index is 12.4. The van der Waals surface area contributed by atoms with E-state index in [1.807, 2.05) is 11.0 Å². The molecule has 1 aliphatic carbocycles. The van der Waals surface area contributed by atoms with Crippen LogP contribution in [-0.2, 0) is 16.0 Å². The molecule has 37 heavy (non-hydrogen) atoms. The molecule has 198 valence electrons. The Kier molecular flexibility index (Phi) is 7.10. The van der Waals surface area contributed by atoms with Crippen LogP contribution in [-0.4, -0.2) is 57.3 Å². The minimum atomic E-state index is 0.0489. The van der Waals surface area contributed by atoms with Crippen molar-refractivity contribution >= 4 is 17.8 Å². The van der Waals surface area contributed by atoms with Gasteiger partial charge >= 0.3 is 0 Å². The maximum Gasteiger partial charge on any atom is 0.243 e. The Morgan fingerprint density at radius 2 is 1.95 bits per heavy atom. The van der Waals surface area contributed by atoms with E-state index in [0.29, 0.717) is 31.3 Å². The van der Waals surface area contributed by atoms with Crippen LogP contribution in [0.1, 0.15) is 81.4 Å². The first-order valence-electron chi connectivity index (χ1n) is 14.0. The molecule has 0 radical (unpaired) electrons. The molecular weight excluding hydrogens is 468 g/mol. The summed E-state index contributed by atoms with van der Waals surface area (Å²) < 4.78 is 2.35. The number of nitrogens with one attached hydrogen (secondary N) is 3. The Balaban J connectivity index is 1.06. The van der Waals surface area contributed by atoms with Gasteiger partial charge in [-0.15, -0.1) is 10.2 Å². The maximum atomic E-state index is 12.4. The van der Waals surface area contributed by atoms with Crippen molar-refractivity contribution in [2.24, 2.45) is 5.92 Å². The van der Waals surface area contributed by atoms with Gasteiger partial charge in [0, 0.05) is 50.9 Å². The van der Waals surface area contributed by atoms with Crippen LogP contribution in [0.2, 0.25) is 0 Å². The fraction of sp³-hybridized carbons (Fsp3) is 0.630. The topological polar surface area (TPSA) is 107 Å². The minimum Gasteiger partial charge on any atom is -0.356 e. The van der Waals surface area contributed by atoms with Gasteiger partial charge in [0.25, 0.3) is 0 Å². The second kappa shape index (κ2) is 10.8. The Hall–Kier alpha value is -2.98. The summed E-state index contributed by atoms with van der Waals surface area (Å²) in [5.41, 5.74) is 4.86. The Morgan fingerprint density at radius 3 is 2.78 bits per heavy atom. The average Bonchev–Trinajstić information content (AvgIpc) is 3.66. The number of aromatic nitrogens is 3. The van der Waals surface area contributed by atoms with E-state index < -0.39 is 0 Å². The molecule has 4 atom stereocenters. The number of hydrogen-bond acceptors (Lipinski definition) is 7. The lowest BCUT2D eigenvalue weighted by atomic mass is 9.81. The van der Waals surface area contributed by atoms with Gasteiger partial charge in [-0.3, -0.25) is 24.5 Å². The molecule has 10 heteroatoms. The largest absolute Gasteiger partial charge is 0.356 e. The lowest BCUT2D eigenvalue weighted by Gasteiger charge is -2.44. The van der Waals surface area contributed by atoms with Crippen LogP contribution in [0.5, 0.6) is 0 Å². The van der Waals surface area contributed by atoms with Gasteiger partial charge in [-0.25, -0.2) is 5.43 Å². The van der Waals surface area contributed by atoms with Crippen molar-refractivity contribution in [2.45, 2.75) is 82.6 Å². The van der Waals surface area contributed by atoms with Crippen molar-refractivity contribution in [2.75, 3.05) is 24.6 Å². The molecule has 1 saturated carbocycles. The van der Waals surface area contributed by atoms with E-state index in [4.69, 9.17) is 0 Å². The third-order valence-electron chi connectivity index (χ3n) is 8.40. The van der Waals surface area contributed by atoms with Crippen LogP contribution in [0, 0.1) is 5.92 Å². The second-order valence-electron chi connectivity index (χ2n) is 10.8. The zero-order valence-electron chi connectivity index (χ0n) is 21.4. The monoisotopic (exact) mass is 506 g/mol. The summed E-state index contributed by atoms with van der Waals surface area (Å²) in [6, 6.07) is 10.9. The first-order chi connectivity index (χ1) is 18.2. The molecule has 4 aliphatic rings. The van der Waals surface area contributed by atoms with Gasteiger partial charge in [0.1, 0.15) is 18.2 Å². The third-order valence-corrected chi connectivity index (χ3v) is 8.40. The molecular formula is C27H38N8O2. The number of fused-ring (bicyclic) bond motifs is 6. The molecule has 3 N–H and O–H groups in total. The number of hydrazine groups is 1. The fourth-order valence-corrected chi connectivity index (χ4v) is 6.57. The average molecular weight is 507 g/mol. The zero-order chi connectivity index (χ0) is 25.2. The number of nitrogens with zero attached hydrogens (tertiary/aromatic N) is 5. The smallest absolute Gasteiger partial charge is 0.243 e. The Bertz CT molecular complexity index is 1110. The van der Waals surface area contributed by atoms with Crippen LogP contribution >= 0.6 is 0 Å². The number of carbonyl (C=O) groups is 2. The SMILES string of the molecule is O=C(CCCc1nnc2n1C1CCCCC1C1NC(c3ccccc3)NN21)NCCCN1CCCC1=O. The van der Waals surface area contributed by atoms with Crippen LogP contribution in [0.3, 0.4) is 0 Å². The van der Waals surface area contributed by atoms with Crippen molar-refractivity contribution < 1.29 is 9.59 Å². The van der Waals surface area contributed by atoms with Gasteiger partial charge < -0.3 is 10.2 Å². The zero-order valence-corrected chi connectivity index (χ0v) is 21.4. The highest BCUT2D eigenvalue weighted by molar-refractivity contribution is 5.78. The first-order valence-corrected chi connectivity index (χ1v) is 14.0. The minimum absolute atomic E-state index is 0.0489. The number of hydrogen-bond donors (Lipinski definition) is 3. The van der Waals surface area contributed by atoms with Gasteiger partial charge in [-0.2, -0.15) is 0 Å². The molecule has 4 heterocycles. The van der Waals surface area contributed by atoms with E-state index in [-0.39, 0.29) is 24.1 Å². The quantitative estimate of drug-likeness (QED) is 0.449. The molecule has 1 aromatic carbocycles. The number of rotatable bonds is 9. The van der Waals surface area contributed by atoms with Crippen LogP contribution in [0.25, 0.3) is 0 Å². The van der Waals surface area contributed by atoms with Crippen molar-refractivity contribution in [3.63, 3.8) is 0 Å². The lowest BCUT2D eigenvalue weighted by Crippen LogP contribution is -2.53. The number of aryl methyl sites for hydroxylation is 1. The van der Waals surface area contributed by atoms with Crippen molar-refractivity contribution in [1.29, 1.82) is 0 Å². The summed E-state index contributed by atoms with van der Waals surface area (Å²) in [4.78, 5) is 26.0. The summed E-state index contributed by atoms with van der Waals surface area (Å²) in [7, 11) is 0. The molecule has 4 unspecified atom stereocenters. The standard InChI is InChI=1S/C27H38N8O2/c36-23(28-16-8-18-33-17-7-15-24(33)37)14-6-13-22-30-31-27-34(22)21-12-5-4-11-20(21)26-29-25(32-35(26)27)19-9-2-1-3-10-19/h1-3,9-10,20-21,25-26,29,32H,4-8,11-18H2,(H,28,36). The molecule has 2 aromatic rings. The predicted molar refractivity (Wildman–Crippen MR) is 139 cm³/mol. The Morgan fingerprint density at radius 1 is 1.08 bits per heavy atom. The van der Waals surface area contributed by atoms with Crippen molar-refractivity contribution in [3.05, 3.63) is 41.7 Å². The normalized spacial score (nSPS) is 26.6. The van der Waals surface area contributed by atoms with E-state index in [0.717, 1.165) is 57.0 Å². The summed E-state index contributed by atoms with van der Waals surface area (Å²) >= 11 is 0. The molecule has 2 saturated heterocycles. The van der Waals surface area contributed by atoms with E-state index in [2.05, 4.69) is 60.1 Å². The summed E-state index contributed by atoms with van der Waals surface area (Å²) in [6.07, 6.45) is 9.43. The van der Waals surface area contributed by atoms with Crippen molar-refractivity contribution in [1.82, 2.24) is 35.7 Å². The van der Waals surface area contributed by atoms with Crippen LogP contribution < -0.4 is 21.1 Å². The highest BCUT2D eigenvalue weighted by atomic mass is 16.2. The van der Waals surface area contributed by atoms with Crippen molar-refractivity contribution in [3.8, 4) is 0 Å². The van der Waals surface area contributed by atoms with E-state index in [1.54, 1.807) is 0 Å². The van der Waals surface area contributed by atoms with Gasteiger partial charge in [0.15, 0.2) is 0 Å². The highest BCUT2D eigenvalue weighted by Crippen LogP contribution is 2.45. The number of amides is 2. The molecule has 6 rings (SSSR count). The molecule has 3 aliphatic heterocycles. The van der Waals surface area contributed by atoms with E-state index in [9.17, 15) is 9.59 Å². The van der Waals surface area contributed by atoms with Gasteiger partial charge in [-0.05, 0) is 37.7 Å². The second-order valence-corrected chi connectivity index (χ2v) is 10.8. The molecule has 2 amide bonds. The van der Waals surface area contributed by atoms with Crippen LogP contribution in [0.4, 0.5) is 5.95 Å². The highest BCUT2D eigenvalue weighted by Gasteiger charge is 2.48. The van der Waals surface area contributed by atoms with Crippen LogP contribution in [0.15, 0.2) is 30.3 Å². The molecule has 1 aromatic heterocycles. The van der Waals surface area contributed by atoms with E-state index in [1.165, 1.54) is 24.8 Å². The number of anilines is 1. The summed E-state index contributed by atoms with van der Waals surface area (Å²) in [5.74, 6) is 2.66. The third kappa shape index (κ3) is 4.96. The first kappa shape index (κ1) is 24.4. The van der Waals surface area contributed by atoms with Gasteiger partial charge in [0.05, 0.1) is 0 Å². The number of likely N-dealkylation sites (tertiary alicyclic amines) is 1. The number of benzene rings is 1. The summed E-state index contributed by atoms with van der Waals surface area (Å²) in [6.45, 7) is 2.21. The van der Waals surface area contributed by atoms with E-state index >= 15 is 0 Å². The summed E-state index contributed by atoms with van der Waals surface area (Å²) in [5, 5.41) is 18.3. The predicted octanol–water partition coefficient (Wildman–Crippen LogP) is 2.41. The fourth-order valence-electron chi connectivity index (χ4n) is 6.57.